The molecule has 1 heterocycles. The van der Waals surface area contributed by atoms with Gasteiger partial charge in [-0.05, 0) is 44.1 Å². The number of likely N-dealkylation sites (tertiary alicyclic amines) is 1. The summed E-state index contributed by atoms with van der Waals surface area (Å²) in [5.74, 6) is 1.66. The van der Waals surface area contributed by atoms with Crippen LogP contribution in [-0.2, 0) is 4.79 Å². The van der Waals surface area contributed by atoms with E-state index in [1.165, 1.54) is 12.8 Å². The molecule has 17 heavy (non-hydrogen) atoms. The second kappa shape index (κ2) is 7.70. The molecule has 2 unspecified atom stereocenters. The van der Waals surface area contributed by atoms with Crippen LogP contribution in [0.3, 0.4) is 0 Å². The van der Waals surface area contributed by atoms with E-state index in [1.54, 1.807) is 0 Å². The Morgan fingerprint density at radius 2 is 2.24 bits per heavy atom. The highest BCUT2D eigenvalue weighted by atomic mass is 16.2. The van der Waals surface area contributed by atoms with E-state index in [2.05, 4.69) is 18.7 Å². The fourth-order valence-electron chi connectivity index (χ4n) is 2.69. The van der Waals surface area contributed by atoms with Crippen LogP contribution in [0.4, 0.5) is 0 Å². The topological polar surface area (TPSA) is 46.3 Å². The van der Waals surface area contributed by atoms with Crippen LogP contribution in [-0.4, -0.2) is 30.4 Å². The first-order valence-corrected chi connectivity index (χ1v) is 7.15. The lowest BCUT2D eigenvalue weighted by atomic mass is 9.95. The van der Waals surface area contributed by atoms with Crippen molar-refractivity contribution in [3.05, 3.63) is 0 Å². The average Bonchev–Trinajstić information content (AvgIpc) is 2.34. The van der Waals surface area contributed by atoms with E-state index in [1.807, 2.05) is 0 Å². The molecule has 1 rings (SSSR count). The van der Waals surface area contributed by atoms with Gasteiger partial charge in [0, 0.05) is 19.5 Å². The van der Waals surface area contributed by atoms with E-state index in [-0.39, 0.29) is 0 Å². The molecule has 0 aliphatic carbocycles. The fraction of sp³-hybridized carbons (Fsp3) is 0.929. The predicted molar refractivity (Wildman–Crippen MR) is 71.7 cm³/mol. The molecular formula is C14H28N2O. The third kappa shape index (κ3) is 5.07. The van der Waals surface area contributed by atoms with Gasteiger partial charge in [-0.2, -0.15) is 0 Å². The standard InChI is InChI=1S/C14H28N2O/c1-3-13(8-9-15)6-7-14(17)16-10-4-5-12(2)11-16/h12-13H,3-11,15H2,1-2H3. The molecule has 3 heteroatoms. The molecule has 100 valence electrons. The van der Waals surface area contributed by atoms with E-state index in [0.29, 0.717) is 24.2 Å². The largest absolute Gasteiger partial charge is 0.342 e. The van der Waals surface area contributed by atoms with Gasteiger partial charge in [-0.25, -0.2) is 0 Å². The number of hydrogen-bond acceptors (Lipinski definition) is 2. The molecule has 0 saturated carbocycles. The SMILES string of the molecule is CCC(CCN)CCC(=O)N1CCCC(C)C1. The van der Waals surface area contributed by atoms with Gasteiger partial charge in [0.1, 0.15) is 0 Å². The maximum atomic E-state index is 12.1. The first-order valence-electron chi connectivity index (χ1n) is 7.15. The third-order valence-corrected chi connectivity index (χ3v) is 3.93. The third-order valence-electron chi connectivity index (χ3n) is 3.93. The van der Waals surface area contributed by atoms with Gasteiger partial charge in [0.05, 0.1) is 0 Å². The normalized spacial score (nSPS) is 22.5. The Labute approximate surface area is 106 Å². The van der Waals surface area contributed by atoms with Crippen LogP contribution in [0.1, 0.15) is 52.4 Å². The second-order valence-electron chi connectivity index (χ2n) is 5.48. The van der Waals surface area contributed by atoms with E-state index < -0.39 is 0 Å². The molecule has 0 spiro atoms. The van der Waals surface area contributed by atoms with Gasteiger partial charge >= 0.3 is 0 Å². The van der Waals surface area contributed by atoms with E-state index >= 15 is 0 Å². The number of rotatable bonds is 6. The zero-order valence-corrected chi connectivity index (χ0v) is 11.5. The minimum absolute atomic E-state index is 0.354. The molecule has 0 aromatic carbocycles. The number of nitrogens with zero attached hydrogens (tertiary/aromatic N) is 1. The van der Waals surface area contributed by atoms with Gasteiger partial charge in [0.15, 0.2) is 0 Å². The van der Waals surface area contributed by atoms with Crippen molar-refractivity contribution in [1.29, 1.82) is 0 Å². The molecule has 1 aliphatic heterocycles. The molecule has 0 radical (unpaired) electrons. The van der Waals surface area contributed by atoms with Crippen molar-refractivity contribution in [3.63, 3.8) is 0 Å². The average molecular weight is 240 g/mol. The zero-order valence-electron chi connectivity index (χ0n) is 11.5. The highest BCUT2D eigenvalue weighted by molar-refractivity contribution is 5.76. The first-order chi connectivity index (χ1) is 8.17. The summed E-state index contributed by atoms with van der Waals surface area (Å²) in [6.45, 7) is 7.10. The van der Waals surface area contributed by atoms with Gasteiger partial charge in [-0.15, -0.1) is 0 Å². The fourth-order valence-corrected chi connectivity index (χ4v) is 2.69. The summed E-state index contributed by atoms with van der Waals surface area (Å²) >= 11 is 0. The first kappa shape index (κ1) is 14.5. The van der Waals surface area contributed by atoms with Gasteiger partial charge in [0.2, 0.25) is 5.91 Å². The summed E-state index contributed by atoms with van der Waals surface area (Å²) in [4.78, 5) is 14.1. The molecule has 2 N–H and O–H groups in total. The minimum atomic E-state index is 0.354. The van der Waals surface area contributed by atoms with E-state index in [4.69, 9.17) is 5.73 Å². The van der Waals surface area contributed by atoms with Crippen molar-refractivity contribution >= 4 is 5.91 Å². The number of hydrogen-bond donors (Lipinski definition) is 1. The van der Waals surface area contributed by atoms with E-state index in [9.17, 15) is 4.79 Å². The van der Waals surface area contributed by atoms with Crippen LogP contribution in [0.5, 0.6) is 0 Å². The Hall–Kier alpha value is -0.570. The summed E-state index contributed by atoms with van der Waals surface area (Å²) in [5, 5.41) is 0. The highest BCUT2D eigenvalue weighted by Crippen LogP contribution is 2.19. The Morgan fingerprint density at radius 3 is 2.82 bits per heavy atom. The summed E-state index contributed by atoms with van der Waals surface area (Å²) in [6, 6.07) is 0. The van der Waals surface area contributed by atoms with Gasteiger partial charge in [-0.3, -0.25) is 4.79 Å². The van der Waals surface area contributed by atoms with Gasteiger partial charge < -0.3 is 10.6 Å². The Bertz CT molecular complexity index is 230. The highest BCUT2D eigenvalue weighted by Gasteiger charge is 2.21. The number of piperidine rings is 1. The Kier molecular flexibility index (Phi) is 6.56. The lowest BCUT2D eigenvalue weighted by Crippen LogP contribution is -2.39. The summed E-state index contributed by atoms with van der Waals surface area (Å²) in [7, 11) is 0. The van der Waals surface area contributed by atoms with Gasteiger partial charge in [0.25, 0.3) is 0 Å². The zero-order chi connectivity index (χ0) is 12.7. The second-order valence-corrected chi connectivity index (χ2v) is 5.48. The molecular weight excluding hydrogens is 212 g/mol. The summed E-state index contributed by atoms with van der Waals surface area (Å²) < 4.78 is 0. The molecule has 1 aliphatic rings. The number of amides is 1. The van der Waals surface area contributed by atoms with Crippen LogP contribution >= 0.6 is 0 Å². The number of nitrogens with two attached hydrogens (primary N) is 1. The van der Waals surface area contributed by atoms with Crippen LogP contribution in [0.25, 0.3) is 0 Å². The smallest absolute Gasteiger partial charge is 0.222 e. The van der Waals surface area contributed by atoms with Crippen LogP contribution in [0.15, 0.2) is 0 Å². The number of carbonyl (C=O) groups is 1. The molecule has 3 nitrogen and oxygen atoms in total. The lowest BCUT2D eigenvalue weighted by molar-refractivity contribution is -0.133. The molecule has 0 aromatic heterocycles. The van der Waals surface area contributed by atoms with Crippen molar-refractivity contribution in [3.8, 4) is 0 Å². The van der Waals surface area contributed by atoms with Gasteiger partial charge in [-0.1, -0.05) is 20.3 Å². The Balaban J connectivity index is 2.28. The molecule has 1 saturated heterocycles. The van der Waals surface area contributed by atoms with Crippen molar-refractivity contribution in [2.45, 2.75) is 52.4 Å². The van der Waals surface area contributed by atoms with Crippen LogP contribution < -0.4 is 5.73 Å². The quantitative estimate of drug-likeness (QED) is 0.775. The minimum Gasteiger partial charge on any atom is -0.342 e. The van der Waals surface area contributed by atoms with Crippen LogP contribution in [0, 0.1) is 11.8 Å². The molecule has 1 amide bonds. The van der Waals surface area contributed by atoms with Crippen molar-refractivity contribution in [2.75, 3.05) is 19.6 Å². The molecule has 0 bridgehead atoms. The van der Waals surface area contributed by atoms with E-state index in [0.717, 1.165) is 38.9 Å². The molecule has 1 fully saturated rings. The predicted octanol–water partition coefficient (Wildman–Crippen LogP) is 2.40. The molecule has 0 aromatic rings. The number of carbonyl (C=O) groups excluding carboxylic acids is 1. The monoisotopic (exact) mass is 240 g/mol. The molecule has 2 atom stereocenters. The summed E-state index contributed by atoms with van der Waals surface area (Å²) in [5.41, 5.74) is 5.58. The summed E-state index contributed by atoms with van der Waals surface area (Å²) in [6.07, 6.45) is 6.37. The lowest BCUT2D eigenvalue weighted by Gasteiger charge is -2.31. The van der Waals surface area contributed by atoms with Crippen molar-refractivity contribution in [1.82, 2.24) is 4.90 Å². The maximum absolute atomic E-state index is 12.1. The maximum Gasteiger partial charge on any atom is 0.222 e. The Morgan fingerprint density at radius 1 is 1.47 bits per heavy atom. The van der Waals surface area contributed by atoms with Crippen LogP contribution in [0.2, 0.25) is 0 Å². The van der Waals surface area contributed by atoms with Crippen molar-refractivity contribution in [2.24, 2.45) is 17.6 Å². The van der Waals surface area contributed by atoms with Crippen molar-refractivity contribution < 1.29 is 4.79 Å².